The average molecular weight is 743 g/mol. The molecule has 0 heterocycles. The van der Waals surface area contributed by atoms with Gasteiger partial charge < -0.3 is 24.8 Å². The molecule has 4 fully saturated rings. The van der Waals surface area contributed by atoms with Crippen LogP contribution in [0.2, 0.25) is 0 Å². The van der Waals surface area contributed by atoms with Crippen LogP contribution in [0.25, 0.3) is 22.3 Å². The minimum absolute atomic E-state index is 0. The van der Waals surface area contributed by atoms with E-state index in [1.807, 2.05) is 0 Å². The normalized spacial score (nSPS) is 30.0. The Kier molecular flexibility index (Phi) is 10.3. The maximum absolute atomic E-state index is 3.65. The third-order valence-electron chi connectivity index (χ3n) is 12.5. The summed E-state index contributed by atoms with van der Waals surface area (Å²) in [6.07, 6.45) is 23.9. The monoisotopic (exact) mass is 740 g/mol. The van der Waals surface area contributed by atoms with Crippen LogP contribution in [-0.2, 0) is 41.5 Å². The van der Waals surface area contributed by atoms with E-state index in [2.05, 4.69) is 108 Å². The number of allylic oxidation sites excluding steroid dienone is 8. The van der Waals surface area contributed by atoms with Gasteiger partial charge in [-0.15, -0.1) is 11.6 Å². The second kappa shape index (κ2) is 13.1. The van der Waals surface area contributed by atoms with Crippen molar-refractivity contribution in [3.05, 3.63) is 93.1 Å². The summed E-state index contributed by atoms with van der Waals surface area (Å²) in [6.45, 7) is 18.2. The number of benzene rings is 2. The molecule has 0 aliphatic heterocycles. The van der Waals surface area contributed by atoms with Gasteiger partial charge in [0.1, 0.15) is 0 Å². The Balaban J connectivity index is 0.000000175. The van der Waals surface area contributed by atoms with Crippen molar-refractivity contribution < 1.29 is 49.0 Å². The van der Waals surface area contributed by atoms with E-state index in [1.54, 1.807) is 44.1 Å². The van der Waals surface area contributed by atoms with Gasteiger partial charge in [-0.05, 0) is 120 Å². The van der Waals surface area contributed by atoms with Gasteiger partial charge in [0.15, 0.2) is 0 Å². The van der Waals surface area contributed by atoms with Gasteiger partial charge in [0.2, 0.25) is 0 Å². The van der Waals surface area contributed by atoms with Crippen molar-refractivity contribution in [2.75, 3.05) is 0 Å². The maximum atomic E-state index is 3.65. The van der Waals surface area contributed by atoms with Gasteiger partial charge in [-0.2, -0.15) is 17.2 Å². The minimum atomic E-state index is 0. The molecule has 8 aliphatic carbocycles. The first kappa shape index (κ1) is 37.0. The molecule has 1 unspecified atom stereocenters. The molecule has 47 heavy (non-hydrogen) atoms. The fraction of sp³-hybridized carbons (Fsp3) is 0.523. The zero-order valence-corrected chi connectivity index (χ0v) is 33.9. The Morgan fingerprint density at radius 2 is 1.28 bits per heavy atom. The molecular weight excluding hydrogens is 691 g/mol. The minimum Gasteiger partial charge on any atom is -1.00 e. The predicted octanol–water partition coefficient (Wildman–Crippen LogP) is 5.34. The number of halogens is 2. The molecule has 0 spiro atoms. The van der Waals surface area contributed by atoms with Gasteiger partial charge in [0.05, 0.1) is 0 Å². The first-order chi connectivity index (χ1) is 21.3. The molecule has 0 N–H and O–H groups in total. The van der Waals surface area contributed by atoms with Gasteiger partial charge in [-0.3, -0.25) is 12.2 Å². The molecule has 0 radical (unpaired) electrons. The van der Waals surface area contributed by atoms with E-state index in [-0.39, 0.29) is 35.6 Å². The topological polar surface area (TPSA) is 0 Å². The zero-order chi connectivity index (χ0) is 32.1. The molecule has 2 aromatic carbocycles. The Labute approximate surface area is 313 Å². The number of fused-ring (bicyclic) bond motifs is 5. The van der Waals surface area contributed by atoms with Crippen molar-refractivity contribution in [2.24, 2.45) is 29.1 Å². The summed E-state index contributed by atoms with van der Waals surface area (Å²) in [7, 11) is 0. The summed E-state index contributed by atoms with van der Waals surface area (Å²) in [4.78, 5) is 0. The Bertz CT molecular complexity index is 1590. The fourth-order valence-corrected chi connectivity index (χ4v) is 11.3. The standard InChI is InChI=1S/C25H25.C18H25.CH2.2ClH.Zr/c1-14-12-24(3,4)22-8-16-7-17-9-23-19(15(2)13-25(23,5)6)11-21(17)20(16)10-18(14)22;1-12-3-13(2)17(4-12)11-18-8-14-5-15(9-18)7-16(6-14)10-18;;;;/h8-12H,7H2,1-6H3;4,12,14-16H,5-11H2,1-2H3;1H2;2*1H;/q2*-1;;;;+2/p-2. The smallest absolute Gasteiger partial charge is 1.00 e. The molecule has 0 nitrogen and oxygen atoms in total. The first-order valence-electron chi connectivity index (χ1n) is 17.6. The van der Waals surface area contributed by atoms with Gasteiger partial charge in [0.25, 0.3) is 0 Å². The quantitative estimate of drug-likeness (QED) is 0.312. The van der Waals surface area contributed by atoms with Crippen molar-refractivity contribution in [3.63, 3.8) is 0 Å². The van der Waals surface area contributed by atoms with Gasteiger partial charge in [-0.25, -0.2) is 11.1 Å². The molecule has 248 valence electrons. The van der Waals surface area contributed by atoms with E-state index >= 15 is 0 Å². The summed E-state index contributed by atoms with van der Waals surface area (Å²) < 4.78 is 3.34. The van der Waals surface area contributed by atoms with Crippen molar-refractivity contribution >= 4 is 15.4 Å². The number of hydrogen-bond acceptors (Lipinski definition) is 0. The van der Waals surface area contributed by atoms with E-state index in [1.165, 1.54) is 91.9 Å². The Morgan fingerprint density at radius 1 is 0.745 bits per heavy atom. The van der Waals surface area contributed by atoms with Crippen molar-refractivity contribution in [1.82, 2.24) is 0 Å². The van der Waals surface area contributed by atoms with E-state index in [9.17, 15) is 0 Å². The summed E-state index contributed by atoms with van der Waals surface area (Å²) >= 11 is 1.30. The Morgan fingerprint density at radius 3 is 1.81 bits per heavy atom. The molecule has 1 atom stereocenters. The summed E-state index contributed by atoms with van der Waals surface area (Å²) in [5, 5.41) is 0. The number of hydrogen-bond donors (Lipinski definition) is 0. The van der Waals surface area contributed by atoms with Crippen molar-refractivity contribution in [2.45, 2.75) is 118 Å². The molecule has 4 saturated carbocycles. The molecular formula is C44H52Cl2Zr-2. The number of rotatable bonds is 2. The largest absolute Gasteiger partial charge is 1.00 e. The molecule has 3 heteroatoms. The molecule has 0 amide bonds. The van der Waals surface area contributed by atoms with Crippen LogP contribution in [0.3, 0.4) is 0 Å². The van der Waals surface area contributed by atoms with Crippen molar-refractivity contribution in [1.29, 1.82) is 0 Å². The molecule has 0 aromatic heterocycles. The van der Waals surface area contributed by atoms with Crippen LogP contribution in [0.4, 0.5) is 0 Å². The Hall–Kier alpha value is -1.27. The predicted molar refractivity (Wildman–Crippen MR) is 189 cm³/mol. The van der Waals surface area contributed by atoms with Crippen LogP contribution in [0, 0.1) is 41.2 Å². The van der Waals surface area contributed by atoms with E-state index in [0.29, 0.717) is 11.3 Å². The van der Waals surface area contributed by atoms with Crippen LogP contribution in [0.15, 0.2) is 47.6 Å². The van der Waals surface area contributed by atoms with Gasteiger partial charge in [0, 0.05) is 5.41 Å². The second-order valence-electron chi connectivity index (χ2n) is 17.1. The fourth-order valence-electron chi connectivity index (χ4n) is 11.3. The van der Waals surface area contributed by atoms with Crippen LogP contribution in [-0.4, -0.2) is 4.21 Å². The summed E-state index contributed by atoms with van der Waals surface area (Å²) in [6, 6.07) is 9.81. The summed E-state index contributed by atoms with van der Waals surface area (Å²) in [5.41, 5.74) is 18.3. The average Bonchev–Trinajstić information content (AvgIpc) is 3.61. The van der Waals surface area contributed by atoms with Gasteiger partial charge in [-0.1, -0.05) is 84.4 Å². The molecule has 2 aromatic rings. The van der Waals surface area contributed by atoms with E-state index in [0.717, 1.165) is 24.2 Å². The van der Waals surface area contributed by atoms with E-state index in [4.69, 9.17) is 0 Å². The zero-order valence-electron chi connectivity index (χ0n) is 29.9. The molecule has 8 aliphatic rings. The second-order valence-corrected chi connectivity index (χ2v) is 17.1. The molecule has 4 bridgehead atoms. The summed E-state index contributed by atoms with van der Waals surface area (Å²) in [5.74, 6) is 3.82. The third kappa shape index (κ3) is 6.43. The van der Waals surface area contributed by atoms with E-state index < -0.39 is 0 Å². The van der Waals surface area contributed by atoms with Crippen LogP contribution in [0.1, 0.15) is 134 Å². The van der Waals surface area contributed by atoms with Crippen molar-refractivity contribution in [3.8, 4) is 11.1 Å². The molecule has 0 saturated heterocycles. The van der Waals surface area contributed by atoms with Gasteiger partial charge >= 0.3 is 28.4 Å². The third-order valence-corrected chi connectivity index (χ3v) is 12.5. The SMILES string of the molecule is CC1=[C-]C(C)(C)c2cc3c(cc21)-c1cc2c(cc1C3)C(C)(C)C=C2C.CC1=[C-]C(C)C=C1CC12CC3CC(CC(C3)C1)C2.[CH2]=[Zr+2].[Cl-].[Cl-]. The maximum Gasteiger partial charge on any atom is -1.00 e. The van der Waals surface area contributed by atoms with Crippen LogP contribution in [0.5, 0.6) is 0 Å². The molecule has 10 rings (SSSR count). The first-order valence-corrected chi connectivity index (χ1v) is 19.4. The van der Waals surface area contributed by atoms with Crippen LogP contribution < -0.4 is 24.8 Å². The van der Waals surface area contributed by atoms with Crippen LogP contribution >= 0.6 is 0 Å².